The molecule has 0 unspecified atom stereocenters. The summed E-state index contributed by atoms with van der Waals surface area (Å²) in [5.41, 5.74) is 5.09. The maximum atomic E-state index is 12.1. The van der Waals surface area contributed by atoms with Crippen LogP contribution in [0.1, 0.15) is 22.3 Å². The van der Waals surface area contributed by atoms with Crippen molar-refractivity contribution in [2.45, 2.75) is 26.9 Å². The van der Waals surface area contributed by atoms with E-state index in [0.29, 0.717) is 6.79 Å². The maximum Gasteiger partial charge on any atom is 0.336 e. The van der Waals surface area contributed by atoms with Gasteiger partial charge in [0.05, 0.1) is 0 Å². The number of benzene rings is 2. The molecule has 3 aromatic rings. The van der Waals surface area contributed by atoms with Crippen LogP contribution in [-0.2, 0) is 13.1 Å². The van der Waals surface area contributed by atoms with E-state index in [9.17, 15) is 4.79 Å². The predicted octanol–water partition coefficient (Wildman–Crippen LogP) is 0.622. The van der Waals surface area contributed by atoms with Gasteiger partial charge in [0.2, 0.25) is 6.79 Å². The Kier molecular flexibility index (Phi) is 4.97. The van der Waals surface area contributed by atoms with E-state index in [1.807, 2.05) is 13.0 Å². The molecule has 0 radical (unpaired) electrons. The first kappa shape index (κ1) is 19.2. The molecule has 0 atom stereocenters. The molecule has 156 valence electrons. The minimum atomic E-state index is -0.254. The molecule has 6 heteroatoms. The van der Waals surface area contributed by atoms with Gasteiger partial charge in [0, 0.05) is 22.6 Å². The number of rotatable bonds is 4. The van der Waals surface area contributed by atoms with Crippen LogP contribution in [0.25, 0.3) is 11.0 Å². The van der Waals surface area contributed by atoms with Crippen molar-refractivity contribution >= 4 is 11.0 Å². The van der Waals surface area contributed by atoms with Crippen LogP contribution in [0.4, 0.5) is 0 Å². The molecule has 1 fully saturated rings. The second-order valence-corrected chi connectivity index (χ2v) is 8.59. The van der Waals surface area contributed by atoms with Crippen LogP contribution in [0, 0.1) is 13.8 Å². The van der Waals surface area contributed by atoms with Gasteiger partial charge in [-0.25, -0.2) is 4.79 Å². The lowest BCUT2D eigenvalue weighted by atomic mass is 10.0. The van der Waals surface area contributed by atoms with Crippen LogP contribution in [0.2, 0.25) is 0 Å². The minimum absolute atomic E-state index is 0.254. The van der Waals surface area contributed by atoms with E-state index in [1.165, 1.54) is 16.0 Å². The highest BCUT2D eigenvalue weighted by Gasteiger charge is 2.25. The Bertz CT molecular complexity index is 1150. The van der Waals surface area contributed by atoms with E-state index < -0.39 is 0 Å². The van der Waals surface area contributed by atoms with Crippen molar-refractivity contribution in [2.75, 3.05) is 33.0 Å². The number of hydrogen-bond acceptors (Lipinski definition) is 4. The van der Waals surface area contributed by atoms with Crippen molar-refractivity contribution < 1.29 is 23.7 Å². The van der Waals surface area contributed by atoms with Gasteiger partial charge in [-0.2, -0.15) is 0 Å². The standard InChI is InChI=1S/C24H26N2O4/c1-16-9-17(2)24-20(10-16)19(12-23(27)30-24)14-26-7-5-25(6-8-26)13-18-3-4-21-22(11-18)29-15-28-21/h3-4,9-12H,5-8,13-15H2,1-2H3/p+2. The van der Waals surface area contributed by atoms with Gasteiger partial charge in [-0.1, -0.05) is 6.07 Å². The molecule has 2 aliphatic heterocycles. The molecule has 5 rings (SSSR count). The van der Waals surface area contributed by atoms with E-state index in [1.54, 1.807) is 11.0 Å². The minimum Gasteiger partial charge on any atom is -0.454 e. The van der Waals surface area contributed by atoms with Crippen LogP contribution in [0.5, 0.6) is 11.5 Å². The normalized spacial score (nSPS) is 20.6. The van der Waals surface area contributed by atoms with Crippen molar-refractivity contribution in [3.8, 4) is 11.5 Å². The first-order chi connectivity index (χ1) is 14.5. The average Bonchev–Trinajstić information content (AvgIpc) is 3.18. The van der Waals surface area contributed by atoms with Crippen molar-refractivity contribution in [1.82, 2.24) is 0 Å². The number of quaternary nitrogens is 2. The molecule has 2 N–H and O–H groups in total. The van der Waals surface area contributed by atoms with Crippen molar-refractivity contribution in [1.29, 1.82) is 0 Å². The van der Waals surface area contributed by atoms with Crippen LogP contribution >= 0.6 is 0 Å². The van der Waals surface area contributed by atoms with Crippen LogP contribution in [0.15, 0.2) is 45.6 Å². The van der Waals surface area contributed by atoms with Crippen LogP contribution in [-0.4, -0.2) is 33.0 Å². The van der Waals surface area contributed by atoms with Gasteiger partial charge in [0.25, 0.3) is 0 Å². The number of piperazine rings is 1. The van der Waals surface area contributed by atoms with Crippen molar-refractivity contribution in [3.05, 3.63) is 69.1 Å². The largest absolute Gasteiger partial charge is 0.454 e. The van der Waals surface area contributed by atoms with E-state index in [-0.39, 0.29) is 5.63 Å². The van der Waals surface area contributed by atoms with Gasteiger partial charge in [0.1, 0.15) is 44.9 Å². The van der Waals surface area contributed by atoms with Crippen molar-refractivity contribution in [3.63, 3.8) is 0 Å². The molecule has 3 heterocycles. The first-order valence-corrected chi connectivity index (χ1v) is 10.6. The molecule has 0 aliphatic carbocycles. The maximum absolute atomic E-state index is 12.1. The summed E-state index contributed by atoms with van der Waals surface area (Å²) in [6.07, 6.45) is 0. The lowest BCUT2D eigenvalue weighted by Gasteiger charge is -2.30. The zero-order valence-corrected chi connectivity index (χ0v) is 17.5. The Labute approximate surface area is 175 Å². The highest BCUT2D eigenvalue weighted by atomic mass is 16.7. The summed E-state index contributed by atoms with van der Waals surface area (Å²) in [6, 6.07) is 12.1. The third-order valence-electron chi connectivity index (χ3n) is 6.26. The second kappa shape index (κ2) is 7.78. The molecule has 2 aliphatic rings. The second-order valence-electron chi connectivity index (χ2n) is 8.59. The fourth-order valence-electron chi connectivity index (χ4n) is 4.74. The molecule has 30 heavy (non-hydrogen) atoms. The molecular formula is C24H28N2O4+2. The molecular weight excluding hydrogens is 380 g/mol. The van der Waals surface area contributed by atoms with E-state index in [0.717, 1.165) is 72.9 Å². The van der Waals surface area contributed by atoms with Gasteiger partial charge in [0.15, 0.2) is 11.5 Å². The van der Waals surface area contributed by atoms with Gasteiger partial charge in [-0.3, -0.25) is 0 Å². The lowest BCUT2D eigenvalue weighted by Crippen LogP contribution is -3.27. The Morgan fingerprint density at radius 1 is 0.867 bits per heavy atom. The van der Waals surface area contributed by atoms with E-state index in [2.05, 4.69) is 31.2 Å². The summed E-state index contributed by atoms with van der Waals surface area (Å²) in [6.45, 7) is 10.7. The highest BCUT2D eigenvalue weighted by molar-refractivity contribution is 5.83. The van der Waals surface area contributed by atoms with Crippen molar-refractivity contribution in [2.24, 2.45) is 0 Å². The van der Waals surface area contributed by atoms with Crippen LogP contribution in [0.3, 0.4) is 0 Å². The summed E-state index contributed by atoms with van der Waals surface area (Å²) in [5.74, 6) is 1.70. The van der Waals surface area contributed by atoms with Gasteiger partial charge >= 0.3 is 5.63 Å². The zero-order chi connectivity index (χ0) is 20.7. The van der Waals surface area contributed by atoms with Crippen LogP contribution < -0.4 is 24.9 Å². The summed E-state index contributed by atoms with van der Waals surface area (Å²) in [7, 11) is 0. The molecule has 6 nitrogen and oxygen atoms in total. The average molecular weight is 408 g/mol. The molecule has 1 saturated heterocycles. The fraction of sp³-hybridized carbons (Fsp3) is 0.375. The number of hydrogen-bond donors (Lipinski definition) is 2. The third kappa shape index (κ3) is 3.80. The number of aryl methyl sites for hydroxylation is 2. The quantitative estimate of drug-likeness (QED) is 0.622. The Morgan fingerprint density at radius 3 is 2.40 bits per heavy atom. The predicted molar refractivity (Wildman–Crippen MR) is 113 cm³/mol. The van der Waals surface area contributed by atoms with E-state index >= 15 is 0 Å². The number of nitrogens with one attached hydrogen (secondary N) is 2. The zero-order valence-electron chi connectivity index (χ0n) is 17.5. The monoisotopic (exact) mass is 408 g/mol. The highest BCUT2D eigenvalue weighted by Crippen LogP contribution is 2.32. The van der Waals surface area contributed by atoms with Gasteiger partial charge in [-0.15, -0.1) is 0 Å². The molecule has 0 saturated carbocycles. The molecule has 1 aromatic heterocycles. The fourth-order valence-corrected chi connectivity index (χ4v) is 4.74. The van der Waals surface area contributed by atoms with Gasteiger partial charge < -0.3 is 23.7 Å². The Morgan fingerprint density at radius 2 is 1.60 bits per heavy atom. The molecule has 0 amide bonds. The first-order valence-electron chi connectivity index (χ1n) is 10.6. The third-order valence-corrected chi connectivity index (χ3v) is 6.26. The van der Waals surface area contributed by atoms with Gasteiger partial charge in [-0.05, 0) is 49.2 Å². The lowest BCUT2D eigenvalue weighted by molar-refractivity contribution is -1.02. The Balaban J connectivity index is 1.26. The smallest absolute Gasteiger partial charge is 0.336 e. The summed E-state index contributed by atoms with van der Waals surface area (Å²) in [4.78, 5) is 15.2. The Hall–Kier alpha value is -2.83. The topological polar surface area (TPSA) is 57.5 Å². The molecule has 0 spiro atoms. The summed E-state index contributed by atoms with van der Waals surface area (Å²) in [5, 5.41) is 1.08. The number of ether oxygens (including phenoxy) is 2. The van der Waals surface area contributed by atoms with E-state index in [4.69, 9.17) is 13.9 Å². The summed E-state index contributed by atoms with van der Waals surface area (Å²) < 4.78 is 16.4. The number of fused-ring (bicyclic) bond motifs is 2. The molecule has 0 bridgehead atoms. The SMILES string of the molecule is Cc1cc(C)c2oc(=O)cc(C[NH+]3CC[NH+](Cc4ccc5c(c4)OCO5)CC3)c2c1. The molecule has 2 aromatic carbocycles. The summed E-state index contributed by atoms with van der Waals surface area (Å²) >= 11 is 0.